The van der Waals surface area contributed by atoms with Gasteiger partial charge in [-0.05, 0) is 25.8 Å². The van der Waals surface area contributed by atoms with Gasteiger partial charge in [0, 0.05) is 25.1 Å². The first kappa shape index (κ1) is 18.7. The number of piperidine rings is 1. The topological polar surface area (TPSA) is 23.3 Å². The monoisotopic (exact) mass is 346 g/mol. The van der Waals surface area contributed by atoms with Crippen LogP contribution in [0.2, 0.25) is 0 Å². The van der Waals surface area contributed by atoms with Crippen LogP contribution in [0.5, 0.6) is 0 Å². The van der Waals surface area contributed by atoms with Crippen molar-refractivity contribution < 1.29 is 21.8 Å². The van der Waals surface area contributed by atoms with Gasteiger partial charge in [0.1, 0.15) is 13.1 Å². The molecule has 2 aliphatic rings. The number of rotatable bonds is 2. The summed E-state index contributed by atoms with van der Waals surface area (Å²) < 4.78 is 2.50. The zero-order valence-electron chi connectivity index (χ0n) is 14.7. The average Bonchev–Trinajstić information content (AvgIpc) is 2.55. The fraction of sp³-hybridized carbons (Fsp3) is 0.500. The van der Waals surface area contributed by atoms with E-state index < -0.39 is 0 Å². The molecule has 0 aliphatic carbocycles. The Kier molecular flexibility index (Phi) is 6.22. The molecule has 4 heteroatoms. The zero-order chi connectivity index (χ0) is 16.3. The van der Waals surface area contributed by atoms with Crippen LogP contribution in [0.15, 0.2) is 42.6 Å². The summed E-state index contributed by atoms with van der Waals surface area (Å²) in [5.74, 6) is 0.176. The average molecular weight is 347 g/mol. The van der Waals surface area contributed by atoms with Gasteiger partial charge in [0.15, 0.2) is 5.71 Å². The summed E-state index contributed by atoms with van der Waals surface area (Å²) in [6.45, 7) is 6.66. The molecular weight excluding hydrogens is 320 g/mol. The lowest BCUT2D eigenvalue weighted by Crippen LogP contribution is -3.00. The molecule has 1 amide bonds. The molecule has 1 fully saturated rings. The Labute approximate surface area is 151 Å². The number of hydrogen-bond donors (Lipinski definition) is 0. The van der Waals surface area contributed by atoms with Gasteiger partial charge in [-0.15, -0.1) is 0 Å². The Balaban J connectivity index is 0.00000208. The second-order valence-corrected chi connectivity index (χ2v) is 7.27. The van der Waals surface area contributed by atoms with Crippen LogP contribution in [0.3, 0.4) is 0 Å². The van der Waals surface area contributed by atoms with Crippen molar-refractivity contribution in [2.75, 3.05) is 13.1 Å². The molecule has 3 rings (SSSR count). The standard InChI is InChI=1S/C20H27N2O.ClH/c1-20(2)16-18(21-12-7-4-8-13-21)11-14-22(20)19(23)15-17-9-5-3-6-10-17;/h3,5-6,9-11,14H,4,7-8,12-13,15-16H2,1-2H3;1H/q+1;/p-1. The van der Waals surface area contributed by atoms with Crippen molar-refractivity contribution in [3.63, 3.8) is 0 Å². The third kappa shape index (κ3) is 4.27. The Morgan fingerprint density at radius 2 is 1.79 bits per heavy atom. The number of carbonyl (C=O) groups is 1. The van der Waals surface area contributed by atoms with Crippen molar-refractivity contribution >= 4 is 11.6 Å². The third-order valence-electron chi connectivity index (χ3n) is 4.91. The van der Waals surface area contributed by atoms with Crippen molar-refractivity contribution in [1.29, 1.82) is 0 Å². The summed E-state index contributed by atoms with van der Waals surface area (Å²) in [4.78, 5) is 14.6. The van der Waals surface area contributed by atoms with Gasteiger partial charge in [-0.2, -0.15) is 0 Å². The van der Waals surface area contributed by atoms with Crippen molar-refractivity contribution in [1.82, 2.24) is 4.90 Å². The normalized spacial score (nSPS) is 19.8. The van der Waals surface area contributed by atoms with Gasteiger partial charge >= 0.3 is 0 Å². The van der Waals surface area contributed by atoms with Crippen LogP contribution < -0.4 is 12.4 Å². The summed E-state index contributed by atoms with van der Waals surface area (Å²) in [5.41, 5.74) is 2.30. The molecule has 0 unspecified atom stereocenters. The Morgan fingerprint density at radius 1 is 1.12 bits per heavy atom. The van der Waals surface area contributed by atoms with Gasteiger partial charge in [0.25, 0.3) is 0 Å². The first-order chi connectivity index (χ1) is 11.1. The highest BCUT2D eigenvalue weighted by Gasteiger charge is 2.36. The largest absolute Gasteiger partial charge is 1.00 e. The predicted octanol–water partition coefficient (Wildman–Crippen LogP) is 0.395. The number of allylic oxidation sites excluding steroid dienone is 1. The molecule has 2 heterocycles. The van der Waals surface area contributed by atoms with E-state index >= 15 is 0 Å². The maximum Gasteiger partial charge on any atom is 0.231 e. The molecule has 0 atom stereocenters. The minimum Gasteiger partial charge on any atom is -1.00 e. The van der Waals surface area contributed by atoms with E-state index in [0.717, 1.165) is 25.1 Å². The van der Waals surface area contributed by atoms with E-state index in [4.69, 9.17) is 0 Å². The summed E-state index contributed by atoms with van der Waals surface area (Å²) in [7, 11) is 0. The van der Waals surface area contributed by atoms with Crippen LogP contribution in [0.25, 0.3) is 0 Å². The molecule has 1 aromatic carbocycles. The first-order valence-corrected chi connectivity index (χ1v) is 8.71. The summed E-state index contributed by atoms with van der Waals surface area (Å²) in [5, 5.41) is 0. The zero-order valence-corrected chi connectivity index (χ0v) is 15.4. The number of benzene rings is 1. The molecule has 0 saturated carbocycles. The summed E-state index contributed by atoms with van der Waals surface area (Å²) >= 11 is 0. The van der Waals surface area contributed by atoms with E-state index in [1.807, 2.05) is 41.4 Å². The fourth-order valence-electron chi connectivity index (χ4n) is 3.62. The van der Waals surface area contributed by atoms with Crippen molar-refractivity contribution in [2.24, 2.45) is 0 Å². The first-order valence-electron chi connectivity index (χ1n) is 8.71. The van der Waals surface area contributed by atoms with E-state index in [1.165, 1.54) is 25.0 Å². The van der Waals surface area contributed by atoms with Crippen molar-refractivity contribution in [3.05, 3.63) is 48.2 Å². The lowest BCUT2D eigenvalue weighted by molar-refractivity contribution is -0.538. The number of amides is 1. The SMILES string of the molecule is CC1(C)CC(=[N+]2CCCCC2)C=CN1C(=O)Cc1ccccc1.[Cl-]. The molecular formula is C20H27ClN2O. The number of nitrogens with zero attached hydrogens (tertiary/aromatic N) is 2. The van der Waals surface area contributed by atoms with E-state index in [0.29, 0.717) is 6.42 Å². The number of halogens is 1. The summed E-state index contributed by atoms with van der Waals surface area (Å²) in [6.07, 6.45) is 9.47. The maximum absolute atomic E-state index is 12.7. The van der Waals surface area contributed by atoms with Crippen LogP contribution in [-0.4, -0.2) is 39.7 Å². The molecule has 0 N–H and O–H groups in total. The Morgan fingerprint density at radius 3 is 2.42 bits per heavy atom. The maximum atomic E-state index is 12.7. The van der Waals surface area contributed by atoms with E-state index in [1.54, 1.807) is 0 Å². The minimum absolute atomic E-state index is 0. The van der Waals surface area contributed by atoms with E-state index in [9.17, 15) is 4.79 Å². The molecule has 1 saturated heterocycles. The molecule has 2 aliphatic heterocycles. The van der Waals surface area contributed by atoms with Crippen molar-refractivity contribution in [2.45, 2.75) is 51.5 Å². The van der Waals surface area contributed by atoms with E-state index in [-0.39, 0.29) is 23.9 Å². The highest BCUT2D eigenvalue weighted by atomic mass is 35.5. The molecule has 130 valence electrons. The van der Waals surface area contributed by atoms with Crippen LogP contribution >= 0.6 is 0 Å². The number of hydrogen-bond acceptors (Lipinski definition) is 1. The van der Waals surface area contributed by atoms with Gasteiger partial charge in [-0.25, -0.2) is 4.58 Å². The molecule has 0 bridgehead atoms. The Hall–Kier alpha value is -1.61. The van der Waals surface area contributed by atoms with Crippen LogP contribution in [0, 0.1) is 0 Å². The van der Waals surface area contributed by atoms with E-state index in [2.05, 4.69) is 24.5 Å². The van der Waals surface area contributed by atoms with Crippen molar-refractivity contribution in [3.8, 4) is 0 Å². The lowest BCUT2D eigenvalue weighted by Gasteiger charge is -2.38. The number of carbonyl (C=O) groups excluding carboxylic acids is 1. The lowest BCUT2D eigenvalue weighted by atomic mass is 9.90. The van der Waals surface area contributed by atoms with Gasteiger partial charge in [-0.3, -0.25) is 4.79 Å². The second kappa shape index (κ2) is 7.98. The molecule has 1 aromatic rings. The molecule has 0 spiro atoms. The molecule has 0 radical (unpaired) electrons. The van der Waals surface area contributed by atoms with Gasteiger partial charge < -0.3 is 17.3 Å². The van der Waals surface area contributed by atoms with Crippen LogP contribution in [0.4, 0.5) is 0 Å². The smallest absolute Gasteiger partial charge is 0.231 e. The fourth-order valence-corrected chi connectivity index (χ4v) is 3.62. The second-order valence-electron chi connectivity index (χ2n) is 7.27. The Bertz CT molecular complexity index is 626. The predicted molar refractivity (Wildman–Crippen MR) is 93.7 cm³/mol. The van der Waals surface area contributed by atoms with Gasteiger partial charge in [0.05, 0.1) is 18.4 Å². The highest BCUT2D eigenvalue weighted by molar-refractivity contribution is 5.94. The van der Waals surface area contributed by atoms with Gasteiger partial charge in [0.2, 0.25) is 5.91 Å². The highest BCUT2D eigenvalue weighted by Crippen LogP contribution is 2.26. The summed E-state index contributed by atoms with van der Waals surface area (Å²) in [6, 6.07) is 10.00. The van der Waals surface area contributed by atoms with Gasteiger partial charge in [-0.1, -0.05) is 30.3 Å². The molecule has 24 heavy (non-hydrogen) atoms. The molecule has 0 aromatic heterocycles. The quantitative estimate of drug-likeness (QED) is 0.711. The van der Waals surface area contributed by atoms with Crippen LogP contribution in [-0.2, 0) is 11.2 Å². The molecule has 3 nitrogen and oxygen atoms in total. The van der Waals surface area contributed by atoms with Crippen LogP contribution in [0.1, 0.15) is 45.1 Å². The minimum atomic E-state index is -0.159. The third-order valence-corrected chi connectivity index (χ3v) is 4.91.